The van der Waals surface area contributed by atoms with Gasteiger partial charge in [0.25, 0.3) is 11.1 Å². The van der Waals surface area contributed by atoms with E-state index in [1.54, 1.807) is 18.2 Å². The minimum atomic E-state index is -0.302. The smallest absolute Gasteiger partial charge is 0.261 e. The summed E-state index contributed by atoms with van der Waals surface area (Å²) >= 11 is 0. The summed E-state index contributed by atoms with van der Waals surface area (Å²) in [6.07, 6.45) is 1.37. The van der Waals surface area contributed by atoms with Crippen LogP contribution in [0.15, 0.2) is 73.0 Å². The van der Waals surface area contributed by atoms with E-state index in [1.807, 2.05) is 50.2 Å². The van der Waals surface area contributed by atoms with Gasteiger partial charge in [0, 0.05) is 33.7 Å². The Morgan fingerprint density at radius 1 is 0.829 bits per heavy atom. The number of nitrogens with zero attached hydrogens (tertiary/aromatic N) is 1. The first-order valence-electron chi connectivity index (χ1n) is 11.7. The van der Waals surface area contributed by atoms with E-state index >= 15 is 0 Å². The normalized spacial score (nSPS) is 11.7. The van der Waals surface area contributed by atoms with Gasteiger partial charge in [0.2, 0.25) is 0 Å². The van der Waals surface area contributed by atoms with Crippen molar-refractivity contribution in [3.8, 4) is 11.8 Å². The zero-order valence-corrected chi connectivity index (χ0v) is 19.3. The third-order valence-electron chi connectivity index (χ3n) is 6.78. The highest BCUT2D eigenvalue weighted by molar-refractivity contribution is 6.27. The van der Waals surface area contributed by atoms with Crippen LogP contribution in [0.1, 0.15) is 44.1 Å². The van der Waals surface area contributed by atoms with E-state index in [0.717, 1.165) is 16.2 Å². The molecule has 0 aliphatic carbocycles. The molecule has 0 bridgehead atoms. The number of furan rings is 1. The van der Waals surface area contributed by atoms with E-state index in [2.05, 4.69) is 11.8 Å². The number of rotatable bonds is 3. The quantitative estimate of drug-likeness (QED) is 0.204. The average molecular weight is 463 g/mol. The highest BCUT2D eigenvalue weighted by atomic mass is 16.3. The lowest BCUT2D eigenvalue weighted by Crippen LogP contribution is -2.36. The van der Waals surface area contributed by atoms with Crippen molar-refractivity contribution in [3.63, 3.8) is 0 Å². The minimum absolute atomic E-state index is 0.178. The largest absolute Gasteiger partial charge is 0.455 e. The van der Waals surface area contributed by atoms with E-state index in [4.69, 9.17) is 14.6 Å². The molecule has 6 heteroatoms. The van der Waals surface area contributed by atoms with E-state index in [0.29, 0.717) is 51.5 Å². The van der Waals surface area contributed by atoms with Gasteiger partial charge in [0.15, 0.2) is 17.2 Å². The second kappa shape index (κ2) is 7.78. The van der Waals surface area contributed by atoms with Crippen molar-refractivity contribution in [3.05, 3.63) is 86.6 Å². The second-order valence-corrected chi connectivity index (χ2v) is 8.71. The van der Waals surface area contributed by atoms with Crippen molar-refractivity contribution < 1.29 is 8.83 Å². The molecule has 35 heavy (non-hydrogen) atoms. The fraction of sp³-hybridized carbons (Fsp3) is 0.172. The molecule has 6 nitrogen and oxygen atoms in total. The van der Waals surface area contributed by atoms with Crippen LogP contribution in [0.5, 0.6) is 0 Å². The molecule has 2 N–H and O–H groups in total. The van der Waals surface area contributed by atoms with Gasteiger partial charge in [-0.1, -0.05) is 44.0 Å². The van der Waals surface area contributed by atoms with Crippen LogP contribution >= 0.6 is 0 Å². The summed E-state index contributed by atoms with van der Waals surface area (Å²) in [6, 6.07) is 16.4. The summed E-state index contributed by atoms with van der Waals surface area (Å²) < 4.78 is 13.2. The molecule has 0 saturated carbocycles. The van der Waals surface area contributed by atoms with Crippen molar-refractivity contribution in [1.29, 1.82) is 0 Å². The first-order valence-corrected chi connectivity index (χ1v) is 11.7. The van der Waals surface area contributed by atoms with E-state index in [-0.39, 0.29) is 23.0 Å². The van der Waals surface area contributed by atoms with Crippen LogP contribution < -0.4 is 16.9 Å². The van der Waals surface area contributed by atoms with Gasteiger partial charge < -0.3 is 14.6 Å². The molecular weight excluding hydrogens is 440 g/mol. The number of aromatic nitrogens is 1. The van der Waals surface area contributed by atoms with Gasteiger partial charge in [0.1, 0.15) is 5.58 Å². The molecule has 0 unspecified atom stereocenters. The molecular formula is C29H22N2O4. The Kier molecular flexibility index (Phi) is 4.68. The lowest BCUT2D eigenvalue weighted by atomic mass is 9.94. The monoisotopic (exact) mass is 462 g/mol. The molecule has 6 aromatic rings. The van der Waals surface area contributed by atoms with Crippen LogP contribution in [-0.4, -0.2) is 4.57 Å². The van der Waals surface area contributed by atoms with Crippen molar-refractivity contribution in [1.82, 2.24) is 4.57 Å². The third-order valence-corrected chi connectivity index (χ3v) is 6.78. The van der Waals surface area contributed by atoms with Crippen LogP contribution in [0, 0.1) is 11.8 Å². The summed E-state index contributed by atoms with van der Waals surface area (Å²) in [4.78, 5) is 27.3. The molecule has 172 valence electrons. The van der Waals surface area contributed by atoms with E-state index in [9.17, 15) is 9.59 Å². The number of fused-ring (bicyclic) bond motifs is 2. The minimum Gasteiger partial charge on any atom is -0.455 e. The molecule has 0 aliphatic rings. The van der Waals surface area contributed by atoms with Gasteiger partial charge in [0.05, 0.1) is 10.9 Å². The predicted molar refractivity (Wildman–Crippen MR) is 139 cm³/mol. The summed E-state index contributed by atoms with van der Waals surface area (Å²) in [5.74, 6) is 6.79. The van der Waals surface area contributed by atoms with Crippen molar-refractivity contribution in [2.24, 2.45) is 0 Å². The predicted octanol–water partition coefficient (Wildman–Crippen LogP) is 5.79. The fourth-order valence-electron chi connectivity index (χ4n) is 5.08. The molecule has 3 heterocycles. The summed E-state index contributed by atoms with van der Waals surface area (Å²) in [6.45, 7) is 3.97. The maximum Gasteiger partial charge on any atom is 0.261 e. The number of para-hydroxylation sites is 1. The number of pyridine rings is 1. The van der Waals surface area contributed by atoms with E-state index < -0.39 is 0 Å². The van der Waals surface area contributed by atoms with Gasteiger partial charge in [-0.25, -0.2) is 0 Å². The topological polar surface area (TPSA) is 91.4 Å². The fourth-order valence-corrected chi connectivity index (χ4v) is 5.08. The Morgan fingerprint density at radius 2 is 1.57 bits per heavy atom. The van der Waals surface area contributed by atoms with Gasteiger partial charge in [-0.05, 0) is 48.4 Å². The molecule has 3 aromatic carbocycles. The molecule has 3 aromatic heterocycles. The lowest BCUT2D eigenvalue weighted by molar-refractivity contribution is 0.451. The molecule has 0 atom stereocenters. The van der Waals surface area contributed by atoms with Crippen LogP contribution in [-0.2, 0) is 0 Å². The van der Waals surface area contributed by atoms with Gasteiger partial charge in [-0.2, -0.15) is 0 Å². The third kappa shape index (κ3) is 3.05. The number of anilines is 1. The SMILES string of the molecule is CCC(CC)n1c(=O)c2ccc3c4ccccc4oc4c(C#Cc5ccc(N)o5)cc(c1=O)c2c43. The van der Waals surface area contributed by atoms with Crippen molar-refractivity contribution in [2.75, 3.05) is 5.73 Å². The molecule has 0 radical (unpaired) electrons. The van der Waals surface area contributed by atoms with Crippen LogP contribution in [0.3, 0.4) is 0 Å². The Labute approximate surface area is 199 Å². The lowest BCUT2D eigenvalue weighted by Gasteiger charge is -2.19. The Bertz CT molecular complexity index is 1940. The number of hydrogen-bond acceptors (Lipinski definition) is 5. The number of hydrogen-bond donors (Lipinski definition) is 1. The molecule has 0 spiro atoms. The zero-order chi connectivity index (χ0) is 24.3. The molecule has 0 saturated heterocycles. The molecule has 0 amide bonds. The number of nitrogen functional groups attached to an aromatic ring is 1. The number of nitrogens with two attached hydrogens (primary N) is 1. The van der Waals surface area contributed by atoms with Crippen LogP contribution in [0.4, 0.5) is 5.88 Å². The highest BCUT2D eigenvalue weighted by Crippen LogP contribution is 2.38. The van der Waals surface area contributed by atoms with Crippen LogP contribution in [0.2, 0.25) is 0 Å². The van der Waals surface area contributed by atoms with Crippen molar-refractivity contribution in [2.45, 2.75) is 32.7 Å². The first-order chi connectivity index (χ1) is 17.0. The Hall–Kier alpha value is -4.50. The van der Waals surface area contributed by atoms with Crippen LogP contribution in [0.25, 0.3) is 43.5 Å². The van der Waals surface area contributed by atoms with Gasteiger partial charge in [-0.3, -0.25) is 14.2 Å². The number of benzene rings is 3. The summed E-state index contributed by atoms with van der Waals surface area (Å²) in [5, 5.41) is 4.13. The first kappa shape index (κ1) is 21.1. The van der Waals surface area contributed by atoms with E-state index in [1.165, 1.54) is 4.57 Å². The van der Waals surface area contributed by atoms with Crippen molar-refractivity contribution >= 4 is 49.4 Å². The molecule has 0 fully saturated rings. The summed E-state index contributed by atoms with van der Waals surface area (Å²) in [5.41, 5.74) is 6.89. The van der Waals surface area contributed by atoms with Gasteiger partial charge in [-0.15, -0.1) is 0 Å². The molecule has 0 aliphatic heterocycles. The Morgan fingerprint density at radius 3 is 2.31 bits per heavy atom. The van der Waals surface area contributed by atoms with Gasteiger partial charge >= 0.3 is 0 Å². The average Bonchev–Trinajstić information content (AvgIpc) is 3.30. The maximum absolute atomic E-state index is 13.8. The zero-order valence-electron chi connectivity index (χ0n) is 19.3. The second-order valence-electron chi connectivity index (χ2n) is 8.71. The standard InChI is InChI=1S/C29H22N2O4/c1-3-17(4-2)31-28(32)21-13-12-20-19-7-5-6-8-23(19)35-27-16(9-10-18-11-14-24(30)34-18)15-22(29(31)33)25(21)26(20)27/h5-8,11-15,17H,3-4,30H2,1-2H3. The molecule has 6 rings (SSSR count). The highest BCUT2D eigenvalue weighted by Gasteiger charge is 2.23. The summed E-state index contributed by atoms with van der Waals surface area (Å²) in [7, 11) is 0. The maximum atomic E-state index is 13.8. The Balaban J connectivity index is 1.83.